The molecule has 0 unspecified atom stereocenters. The van der Waals surface area contributed by atoms with Gasteiger partial charge in [0.1, 0.15) is 12.4 Å². The van der Waals surface area contributed by atoms with E-state index < -0.39 is 0 Å². The molecule has 1 aromatic carbocycles. The highest BCUT2D eigenvalue weighted by Gasteiger charge is 2.03. The van der Waals surface area contributed by atoms with Crippen molar-refractivity contribution in [2.24, 2.45) is 4.99 Å². The molecule has 0 saturated heterocycles. The number of halogens is 1. The number of nitrogens with one attached hydrogen (secondary N) is 2. The zero-order valence-corrected chi connectivity index (χ0v) is 18.9. The van der Waals surface area contributed by atoms with E-state index in [4.69, 9.17) is 14.2 Å². The molecule has 0 aliphatic heterocycles. The summed E-state index contributed by atoms with van der Waals surface area (Å²) in [6.07, 6.45) is 2.64. The summed E-state index contributed by atoms with van der Waals surface area (Å²) in [6, 6.07) is 11.9. The molecule has 1 heterocycles. The Balaban J connectivity index is 0.00000392. The lowest BCUT2D eigenvalue weighted by Gasteiger charge is -2.13. The van der Waals surface area contributed by atoms with Gasteiger partial charge in [-0.15, -0.1) is 24.0 Å². The molecule has 0 saturated carbocycles. The number of aromatic nitrogens is 1. The summed E-state index contributed by atoms with van der Waals surface area (Å²) in [7, 11) is 5.08. The largest absolute Gasteiger partial charge is 0.496 e. The maximum absolute atomic E-state index is 5.46. The van der Waals surface area contributed by atoms with Gasteiger partial charge in [0.15, 0.2) is 5.96 Å². The SMILES string of the molecule is CN=C(NCCc1ccccc1OC)NCc1ccc(OCCOC)nc1.I. The normalized spacial score (nSPS) is 10.8. The fourth-order valence-electron chi connectivity index (χ4n) is 2.46. The van der Waals surface area contributed by atoms with E-state index in [2.05, 4.69) is 26.7 Å². The van der Waals surface area contributed by atoms with Crippen molar-refractivity contribution >= 4 is 29.9 Å². The summed E-state index contributed by atoms with van der Waals surface area (Å²) in [6.45, 7) is 2.41. The number of benzene rings is 1. The molecule has 0 fully saturated rings. The average Bonchev–Trinajstić information content (AvgIpc) is 2.72. The molecule has 154 valence electrons. The monoisotopic (exact) mass is 500 g/mol. The van der Waals surface area contributed by atoms with E-state index in [9.17, 15) is 0 Å². The maximum Gasteiger partial charge on any atom is 0.213 e. The Labute approximate surface area is 183 Å². The summed E-state index contributed by atoms with van der Waals surface area (Å²) >= 11 is 0. The van der Waals surface area contributed by atoms with Crippen molar-refractivity contribution in [1.82, 2.24) is 15.6 Å². The number of hydrogen-bond acceptors (Lipinski definition) is 5. The van der Waals surface area contributed by atoms with Gasteiger partial charge in [0.05, 0.1) is 13.7 Å². The smallest absolute Gasteiger partial charge is 0.213 e. The van der Waals surface area contributed by atoms with Gasteiger partial charge < -0.3 is 24.8 Å². The number of ether oxygens (including phenoxy) is 3. The number of aliphatic imine (C=N–C) groups is 1. The Morgan fingerprint density at radius 1 is 1.07 bits per heavy atom. The molecular formula is C20H29IN4O3. The lowest BCUT2D eigenvalue weighted by Crippen LogP contribution is -2.37. The van der Waals surface area contributed by atoms with Crippen molar-refractivity contribution in [2.45, 2.75) is 13.0 Å². The van der Waals surface area contributed by atoms with E-state index in [1.807, 2.05) is 30.3 Å². The highest BCUT2D eigenvalue weighted by Crippen LogP contribution is 2.17. The molecule has 0 aliphatic carbocycles. The van der Waals surface area contributed by atoms with Crippen LogP contribution in [0, 0.1) is 0 Å². The Bertz CT molecular complexity index is 711. The third kappa shape index (κ3) is 8.30. The minimum atomic E-state index is 0. The highest BCUT2D eigenvalue weighted by molar-refractivity contribution is 14.0. The van der Waals surface area contributed by atoms with Gasteiger partial charge in [0.25, 0.3) is 0 Å². The average molecular weight is 500 g/mol. The second-order valence-corrected chi connectivity index (χ2v) is 5.76. The van der Waals surface area contributed by atoms with Crippen LogP contribution < -0.4 is 20.1 Å². The summed E-state index contributed by atoms with van der Waals surface area (Å²) < 4.78 is 15.8. The third-order valence-electron chi connectivity index (χ3n) is 3.90. The van der Waals surface area contributed by atoms with E-state index >= 15 is 0 Å². The van der Waals surface area contributed by atoms with E-state index in [0.29, 0.717) is 25.6 Å². The summed E-state index contributed by atoms with van der Waals surface area (Å²) in [5, 5.41) is 6.59. The van der Waals surface area contributed by atoms with Gasteiger partial charge >= 0.3 is 0 Å². The van der Waals surface area contributed by atoms with Crippen LogP contribution >= 0.6 is 24.0 Å². The molecule has 7 nitrogen and oxygen atoms in total. The van der Waals surface area contributed by atoms with Crippen LogP contribution in [0.4, 0.5) is 0 Å². The molecule has 28 heavy (non-hydrogen) atoms. The maximum atomic E-state index is 5.46. The van der Waals surface area contributed by atoms with Crippen molar-refractivity contribution in [3.8, 4) is 11.6 Å². The minimum absolute atomic E-state index is 0. The van der Waals surface area contributed by atoms with Crippen LogP contribution in [0.2, 0.25) is 0 Å². The van der Waals surface area contributed by atoms with Crippen molar-refractivity contribution < 1.29 is 14.2 Å². The molecule has 0 amide bonds. The second kappa shape index (κ2) is 14.0. The van der Waals surface area contributed by atoms with Crippen LogP contribution in [0.15, 0.2) is 47.6 Å². The van der Waals surface area contributed by atoms with Gasteiger partial charge in [-0.05, 0) is 23.6 Å². The molecule has 0 bridgehead atoms. The topological polar surface area (TPSA) is 77.0 Å². The lowest BCUT2D eigenvalue weighted by molar-refractivity contribution is 0.143. The number of para-hydroxylation sites is 1. The molecule has 1 aromatic heterocycles. The van der Waals surface area contributed by atoms with Crippen LogP contribution in [0.1, 0.15) is 11.1 Å². The number of hydrogen-bond donors (Lipinski definition) is 2. The first kappa shape index (κ1) is 24.0. The summed E-state index contributed by atoms with van der Waals surface area (Å²) in [5.74, 6) is 2.24. The first-order valence-corrected chi connectivity index (χ1v) is 8.90. The van der Waals surface area contributed by atoms with Crippen molar-refractivity contribution in [3.63, 3.8) is 0 Å². The summed E-state index contributed by atoms with van der Waals surface area (Å²) in [4.78, 5) is 8.53. The van der Waals surface area contributed by atoms with E-state index in [1.165, 1.54) is 0 Å². The molecule has 0 aliphatic rings. The number of rotatable bonds is 10. The van der Waals surface area contributed by atoms with Crippen LogP contribution in [-0.4, -0.2) is 52.0 Å². The first-order chi connectivity index (χ1) is 13.3. The first-order valence-electron chi connectivity index (χ1n) is 8.90. The molecule has 2 aromatic rings. The fraction of sp³-hybridized carbons (Fsp3) is 0.400. The second-order valence-electron chi connectivity index (χ2n) is 5.76. The van der Waals surface area contributed by atoms with E-state index in [1.54, 1.807) is 27.5 Å². The number of nitrogens with zero attached hydrogens (tertiary/aromatic N) is 2. The number of methoxy groups -OCH3 is 2. The fourth-order valence-corrected chi connectivity index (χ4v) is 2.46. The molecule has 8 heteroatoms. The molecule has 2 N–H and O–H groups in total. The standard InChI is InChI=1S/C20H28N4O3.HI/c1-21-20(22-11-10-17-6-4-5-7-18(17)26-3)24-15-16-8-9-19(23-14-16)27-13-12-25-2;/h4-9,14H,10-13,15H2,1-3H3,(H2,21,22,24);1H. The van der Waals surface area contributed by atoms with Gasteiger partial charge in [0, 0.05) is 39.5 Å². The Morgan fingerprint density at radius 3 is 2.57 bits per heavy atom. The zero-order chi connectivity index (χ0) is 19.3. The Morgan fingerprint density at radius 2 is 1.89 bits per heavy atom. The van der Waals surface area contributed by atoms with Crippen molar-refractivity contribution in [3.05, 3.63) is 53.7 Å². The predicted molar refractivity (Wildman–Crippen MR) is 122 cm³/mol. The van der Waals surface area contributed by atoms with Crippen LogP contribution in [0.3, 0.4) is 0 Å². The van der Waals surface area contributed by atoms with Crippen molar-refractivity contribution in [2.75, 3.05) is 41.0 Å². The Kier molecular flexibility index (Phi) is 12.0. The minimum Gasteiger partial charge on any atom is -0.496 e. The molecule has 0 spiro atoms. The molecule has 0 radical (unpaired) electrons. The third-order valence-corrected chi connectivity index (χ3v) is 3.90. The number of guanidine groups is 1. The van der Waals surface area contributed by atoms with Gasteiger partial charge in [-0.2, -0.15) is 0 Å². The van der Waals surface area contributed by atoms with E-state index in [-0.39, 0.29) is 24.0 Å². The molecule has 2 rings (SSSR count). The lowest BCUT2D eigenvalue weighted by atomic mass is 10.1. The van der Waals surface area contributed by atoms with Gasteiger partial charge in [-0.1, -0.05) is 24.3 Å². The van der Waals surface area contributed by atoms with Crippen LogP contribution in [0.5, 0.6) is 11.6 Å². The van der Waals surface area contributed by atoms with Gasteiger partial charge in [-0.3, -0.25) is 4.99 Å². The Hall–Kier alpha value is -2.07. The zero-order valence-electron chi connectivity index (χ0n) is 16.6. The molecule has 0 atom stereocenters. The van der Waals surface area contributed by atoms with Crippen molar-refractivity contribution in [1.29, 1.82) is 0 Å². The van der Waals surface area contributed by atoms with E-state index in [0.717, 1.165) is 35.8 Å². The van der Waals surface area contributed by atoms with Crippen LogP contribution in [-0.2, 0) is 17.7 Å². The van der Waals surface area contributed by atoms with Gasteiger partial charge in [0.2, 0.25) is 5.88 Å². The van der Waals surface area contributed by atoms with Gasteiger partial charge in [-0.25, -0.2) is 4.98 Å². The summed E-state index contributed by atoms with van der Waals surface area (Å²) in [5.41, 5.74) is 2.21. The number of pyridine rings is 1. The quantitative estimate of drug-likeness (QED) is 0.226. The van der Waals surface area contributed by atoms with Crippen LogP contribution in [0.25, 0.3) is 0 Å². The highest BCUT2D eigenvalue weighted by atomic mass is 127. The predicted octanol–water partition coefficient (Wildman–Crippen LogP) is 2.64. The molecular weight excluding hydrogens is 471 g/mol.